The summed E-state index contributed by atoms with van der Waals surface area (Å²) in [4.78, 5) is 110. The molecule has 9 atom stereocenters. The molecule has 12 N–H and O–H groups in total. The van der Waals surface area contributed by atoms with Gasteiger partial charge in [0.25, 0.3) is 0 Å². The maximum absolute atomic E-state index is 14.3. The van der Waals surface area contributed by atoms with Crippen LogP contribution in [-0.4, -0.2) is 152 Å². The highest BCUT2D eigenvalue weighted by molar-refractivity contribution is 7.99. The lowest BCUT2D eigenvalue weighted by atomic mass is 10.0. The number of carboxylic acid groups (broad SMARTS) is 1. The first-order valence-electron chi connectivity index (χ1n) is 19.3. The SMILES string of the molecule is C[C@@H]1NC(=O)[C@H](CCCCN)NC(=O)[C@@H]2Cc3c([nH]c4ccccc34)SC[C@H](NC(=O)[C@@H]([C@H](C)O)NC1=O)C(=O)N1C[C@@H](O)C[C@H]1C(=O)N[C@@H](C)C(=O)N2.O=C(O)C(F)(F)F. The van der Waals surface area contributed by atoms with Crippen LogP contribution in [0, 0.1) is 0 Å². The van der Waals surface area contributed by atoms with Gasteiger partial charge in [-0.05, 0) is 58.2 Å². The summed E-state index contributed by atoms with van der Waals surface area (Å²) in [6, 6.07) is -1.78. The summed E-state index contributed by atoms with van der Waals surface area (Å²) in [7, 11) is 0. The third kappa shape index (κ3) is 12.5. The lowest BCUT2D eigenvalue weighted by molar-refractivity contribution is -0.192. The summed E-state index contributed by atoms with van der Waals surface area (Å²) < 4.78 is 31.7. The molecule has 2 aromatic rings. The number of alkyl halides is 3. The fourth-order valence-corrected chi connectivity index (χ4v) is 7.90. The molecule has 61 heavy (non-hydrogen) atoms. The van der Waals surface area contributed by atoms with E-state index in [9.17, 15) is 56.9 Å². The van der Waals surface area contributed by atoms with E-state index >= 15 is 0 Å². The number of halogens is 3. The summed E-state index contributed by atoms with van der Waals surface area (Å²) in [6.07, 6.45) is -6.74. The molecule has 1 saturated heterocycles. The molecule has 5 rings (SSSR count). The Labute approximate surface area is 351 Å². The van der Waals surface area contributed by atoms with E-state index in [1.165, 1.54) is 20.8 Å². The molecule has 0 aliphatic carbocycles. The van der Waals surface area contributed by atoms with Crippen molar-refractivity contribution >= 4 is 70.0 Å². The predicted octanol–water partition coefficient (Wildman–Crippen LogP) is -2.12. The van der Waals surface area contributed by atoms with Crippen molar-refractivity contribution in [2.24, 2.45) is 5.73 Å². The zero-order chi connectivity index (χ0) is 45.3. The molecular formula is C37H50F3N9O11S. The topological polar surface area (TPSA) is 314 Å². The van der Waals surface area contributed by atoms with Crippen molar-refractivity contribution < 1.29 is 66.8 Å². The van der Waals surface area contributed by atoms with Crippen LogP contribution in [-0.2, 0) is 44.8 Å². The van der Waals surface area contributed by atoms with E-state index < -0.39 is 108 Å². The van der Waals surface area contributed by atoms with Crippen molar-refractivity contribution in [2.75, 3.05) is 18.8 Å². The lowest BCUT2D eigenvalue weighted by Crippen LogP contribution is -2.61. The van der Waals surface area contributed by atoms with Crippen LogP contribution < -0.4 is 37.6 Å². The van der Waals surface area contributed by atoms with Gasteiger partial charge in [0.15, 0.2) is 0 Å². The molecule has 1 fully saturated rings. The Hall–Kier alpha value is -5.46. The molecular weight excluding hydrogens is 836 g/mol. The van der Waals surface area contributed by atoms with Crippen molar-refractivity contribution in [3.63, 3.8) is 0 Å². The van der Waals surface area contributed by atoms with Crippen molar-refractivity contribution in [1.29, 1.82) is 0 Å². The number of thioether (sulfide) groups is 1. The van der Waals surface area contributed by atoms with Crippen LogP contribution in [0.25, 0.3) is 10.9 Å². The van der Waals surface area contributed by atoms with Gasteiger partial charge in [-0.15, -0.1) is 11.8 Å². The van der Waals surface area contributed by atoms with E-state index in [-0.39, 0.29) is 31.6 Å². The number of hydrogen-bond acceptors (Lipinski definition) is 12. The highest BCUT2D eigenvalue weighted by Gasteiger charge is 2.44. The number of carbonyl (C=O) groups is 8. The number of para-hydroxylation sites is 1. The molecule has 3 aliphatic rings. The third-order valence-electron chi connectivity index (χ3n) is 10.1. The van der Waals surface area contributed by atoms with Gasteiger partial charge in [-0.2, -0.15) is 13.2 Å². The summed E-state index contributed by atoms with van der Waals surface area (Å²) >= 11 is 1.14. The number of hydrogen-bond donors (Lipinski definition) is 11. The second kappa shape index (κ2) is 20.9. The van der Waals surface area contributed by atoms with E-state index in [4.69, 9.17) is 15.6 Å². The number of aliphatic hydroxyl groups excluding tert-OH is 2. The molecule has 336 valence electrons. The number of aromatic amines is 1. The number of aliphatic hydroxyl groups is 2. The van der Waals surface area contributed by atoms with Crippen molar-refractivity contribution in [3.8, 4) is 0 Å². The standard InChI is InChI=1S/C35H49N9O9S.C2HF3O2/c1-16-28(47)40-24-13-21-20-8-4-5-9-22(20)42-34(21)54-15-25(35(53)44-14-19(46)12-26(44)32(51)38-16)41-33(52)27(18(3)45)43-29(48)17(2)37-30(49)23(39-31(24)50)10-6-7-11-36;3-2(4,5)1(6)7/h4-5,8-9,16-19,23-27,42,45-46H,6-7,10-15,36H2,1-3H3,(H,37,49)(H,38,51)(H,39,50)(H,40,47)(H,41,52)(H,43,48);(H,6,7)/t16-,17-,18-,19-,23-,24-,25-,26-,27+;/m0./s1. The van der Waals surface area contributed by atoms with E-state index in [0.29, 0.717) is 40.9 Å². The number of H-pyrrole nitrogens is 1. The van der Waals surface area contributed by atoms with Crippen LogP contribution in [0.5, 0.6) is 0 Å². The molecule has 1 aromatic heterocycles. The number of amides is 7. The highest BCUT2D eigenvalue weighted by Crippen LogP contribution is 2.32. The first-order chi connectivity index (χ1) is 28.6. The number of rotatable bonds is 5. The fourth-order valence-electron chi connectivity index (χ4n) is 6.79. The molecule has 7 amide bonds. The Morgan fingerprint density at radius 2 is 1.48 bits per heavy atom. The van der Waals surface area contributed by atoms with Gasteiger partial charge in [0.05, 0.1) is 17.2 Å². The number of fused-ring (bicyclic) bond motifs is 5. The quantitative estimate of drug-likeness (QED) is 0.143. The summed E-state index contributed by atoms with van der Waals surface area (Å²) in [5, 5.41) is 45.3. The highest BCUT2D eigenvalue weighted by atomic mass is 32.2. The average Bonchev–Trinajstić information content (AvgIpc) is 3.76. The number of aromatic nitrogens is 1. The third-order valence-corrected chi connectivity index (χ3v) is 11.2. The lowest BCUT2D eigenvalue weighted by Gasteiger charge is -2.30. The minimum atomic E-state index is -5.08. The number of carbonyl (C=O) groups excluding carboxylic acids is 7. The smallest absolute Gasteiger partial charge is 0.475 e. The number of nitrogens with two attached hydrogens (primary N) is 1. The molecule has 0 saturated carbocycles. The van der Waals surface area contributed by atoms with E-state index in [1.807, 2.05) is 18.2 Å². The second-order valence-corrected chi connectivity index (χ2v) is 15.9. The Balaban J connectivity index is 0.00000107. The fraction of sp³-hybridized carbons (Fsp3) is 0.568. The maximum Gasteiger partial charge on any atom is 0.490 e. The normalized spacial score (nSPS) is 27.8. The van der Waals surface area contributed by atoms with E-state index in [1.54, 1.807) is 6.07 Å². The van der Waals surface area contributed by atoms with Crippen molar-refractivity contribution in [2.45, 2.75) is 119 Å². The Bertz CT molecular complexity index is 1980. The van der Waals surface area contributed by atoms with Gasteiger partial charge < -0.3 is 62.8 Å². The summed E-state index contributed by atoms with van der Waals surface area (Å²) in [5.41, 5.74) is 6.98. The number of nitrogens with one attached hydrogen (secondary N) is 7. The van der Waals surface area contributed by atoms with Gasteiger partial charge >= 0.3 is 12.1 Å². The van der Waals surface area contributed by atoms with Crippen LogP contribution in [0.15, 0.2) is 29.3 Å². The van der Waals surface area contributed by atoms with Gasteiger partial charge in [0.2, 0.25) is 41.4 Å². The minimum Gasteiger partial charge on any atom is -0.475 e. The summed E-state index contributed by atoms with van der Waals surface area (Å²) in [6.45, 7) is 4.14. The largest absolute Gasteiger partial charge is 0.490 e. The van der Waals surface area contributed by atoms with Crippen LogP contribution >= 0.6 is 11.8 Å². The van der Waals surface area contributed by atoms with Crippen LogP contribution in [0.4, 0.5) is 13.2 Å². The Kier molecular flexibility index (Phi) is 16.5. The number of carboxylic acids is 1. The molecule has 3 aliphatic heterocycles. The molecule has 0 radical (unpaired) electrons. The second-order valence-electron chi connectivity index (χ2n) is 14.8. The summed E-state index contributed by atoms with van der Waals surface area (Å²) in [5.74, 6) is -8.23. The molecule has 1 aromatic carbocycles. The Morgan fingerprint density at radius 3 is 2.10 bits per heavy atom. The zero-order valence-corrected chi connectivity index (χ0v) is 34.2. The van der Waals surface area contributed by atoms with Crippen LogP contribution in [0.2, 0.25) is 0 Å². The molecule has 4 heterocycles. The van der Waals surface area contributed by atoms with E-state index in [0.717, 1.165) is 16.7 Å². The molecule has 0 unspecified atom stereocenters. The molecule has 20 nitrogen and oxygen atoms in total. The van der Waals surface area contributed by atoms with Crippen LogP contribution in [0.1, 0.15) is 52.0 Å². The average molecular weight is 886 g/mol. The van der Waals surface area contributed by atoms with Crippen molar-refractivity contribution in [3.05, 3.63) is 29.8 Å². The van der Waals surface area contributed by atoms with Gasteiger partial charge in [-0.3, -0.25) is 33.6 Å². The number of benzene rings is 1. The molecule has 24 heteroatoms. The van der Waals surface area contributed by atoms with Gasteiger partial charge in [-0.1, -0.05) is 18.2 Å². The first-order valence-corrected chi connectivity index (χ1v) is 20.3. The first kappa shape index (κ1) is 48.2. The van der Waals surface area contributed by atoms with Crippen molar-refractivity contribution in [1.82, 2.24) is 41.8 Å². The van der Waals surface area contributed by atoms with Gasteiger partial charge in [0.1, 0.15) is 42.3 Å². The minimum absolute atomic E-state index is 0.0868. The van der Waals surface area contributed by atoms with E-state index in [2.05, 4.69) is 36.9 Å². The number of nitrogens with zero attached hydrogens (tertiary/aromatic N) is 1. The number of unbranched alkanes of at least 4 members (excludes halogenated alkanes) is 1. The number of aliphatic carboxylic acids is 1. The van der Waals surface area contributed by atoms with Gasteiger partial charge in [0, 0.05) is 36.0 Å². The molecule has 2 bridgehead atoms. The maximum atomic E-state index is 14.3. The van der Waals surface area contributed by atoms with Crippen LogP contribution in [0.3, 0.4) is 0 Å². The van der Waals surface area contributed by atoms with Gasteiger partial charge in [-0.25, -0.2) is 4.79 Å². The molecule has 0 spiro atoms. The predicted molar refractivity (Wildman–Crippen MR) is 210 cm³/mol. The monoisotopic (exact) mass is 885 g/mol. The zero-order valence-electron chi connectivity index (χ0n) is 33.3. The Morgan fingerprint density at radius 1 is 0.869 bits per heavy atom.